The highest BCUT2D eigenvalue weighted by Crippen LogP contribution is 2.16. The number of ether oxygens (including phenoxy) is 2. The van der Waals surface area contributed by atoms with E-state index in [1.54, 1.807) is 0 Å². The first-order valence-corrected chi connectivity index (χ1v) is 7.71. The molecule has 4 nitrogen and oxygen atoms in total. The molecule has 0 unspecified atom stereocenters. The van der Waals surface area contributed by atoms with Crippen LogP contribution in [0.3, 0.4) is 0 Å². The number of aliphatic hydroxyl groups is 1. The Morgan fingerprint density at radius 3 is 2.86 bits per heavy atom. The summed E-state index contributed by atoms with van der Waals surface area (Å²) in [5.74, 6) is 0. The molecule has 0 aliphatic carbocycles. The third-order valence-electron chi connectivity index (χ3n) is 3.61. The highest BCUT2D eigenvalue weighted by atomic mass is 16.5. The predicted octanol–water partition coefficient (Wildman–Crippen LogP) is 2.06. The van der Waals surface area contributed by atoms with Gasteiger partial charge in [0, 0.05) is 26.2 Å². The summed E-state index contributed by atoms with van der Waals surface area (Å²) in [6.45, 7) is 8.37. The quantitative estimate of drug-likeness (QED) is 0.872. The molecule has 0 radical (unpaired) electrons. The van der Waals surface area contributed by atoms with Gasteiger partial charge in [0.2, 0.25) is 0 Å². The molecule has 1 aromatic rings. The molecular formula is C17H27NO3. The molecule has 1 aliphatic rings. The van der Waals surface area contributed by atoms with Crippen LogP contribution in [0.5, 0.6) is 0 Å². The maximum atomic E-state index is 10.1. The molecule has 21 heavy (non-hydrogen) atoms. The standard InChI is InChI=1S/C17H27NO3/c1-17(2)14-18(9-6-10-21-17)11-16(19)13-20-12-15-7-4-3-5-8-15/h3-5,7-8,16,19H,6,9-14H2,1-2H3/t16-/m0/s1. The van der Waals surface area contributed by atoms with Gasteiger partial charge in [-0.05, 0) is 25.8 Å². The van der Waals surface area contributed by atoms with Gasteiger partial charge in [-0.25, -0.2) is 0 Å². The number of β-amino-alcohol motifs (C(OH)–C–C–N with tert-alkyl or cyclic N) is 1. The second kappa shape index (κ2) is 7.90. The number of hydrogen-bond donors (Lipinski definition) is 1. The fourth-order valence-electron chi connectivity index (χ4n) is 2.69. The van der Waals surface area contributed by atoms with Gasteiger partial charge in [-0.2, -0.15) is 0 Å². The maximum absolute atomic E-state index is 10.1. The highest BCUT2D eigenvalue weighted by Gasteiger charge is 2.26. The fraction of sp³-hybridized carbons (Fsp3) is 0.647. The molecule has 1 atom stereocenters. The largest absolute Gasteiger partial charge is 0.389 e. The lowest BCUT2D eigenvalue weighted by Crippen LogP contribution is -2.42. The summed E-state index contributed by atoms with van der Waals surface area (Å²) >= 11 is 0. The van der Waals surface area contributed by atoms with Crippen LogP contribution in [0.15, 0.2) is 30.3 Å². The summed E-state index contributed by atoms with van der Waals surface area (Å²) in [6, 6.07) is 10.0. The molecule has 4 heteroatoms. The van der Waals surface area contributed by atoms with Crippen molar-refractivity contribution in [1.29, 1.82) is 0 Å². The molecule has 0 saturated carbocycles. The first-order chi connectivity index (χ1) is 10.1. The lowest BCUT2D eigenvalue weighted by molar-refractivity contribution is -0.0295. The average Bonchev–Trinajstić information content (AvgIpc) is 2.60. The molecule has 118 valence electrons. The van der Waals surface area contributed by atoms with Crippen molar-refractivity contribution >= 4 is 0 Å². The zero-order valence-corrected chi connectivity index (χ0v) is 13.1. The van der Waals surface area contributed by atoms with E-state index >= 15 is 0 Å². The third-order valence-corrected chi connectivity index (χ3v) is 3.61. The Hall–Kier alpha value is -0.940. The Bertz CT molecular complexity index is 408. The van der Waals surface area contributed by atoms with Gasteiger partial charge in [0.15, 0.2) is 0 Å². The van der Waals surface area contributed by atoms with E-state index < -0.39 is 6.10 Å². The fourth-order valence-corrected chi connectivity index (χ4v) is 2.69. The van der Waals surface area contributed by atoms with Crippen molar-refractivity contribution in [3.63, 3.8) is 0 Å². The topological polar surface area (TPSA) is 41.9 Å². The van der Waals surface area contributed by atoms with Gasteiger partial charge in [-0.15, -0.1) is 0 Å². The van der Waals surface area contributed by atoms with E-state index in [-0.39, 0.29) is 5.60 Å². The van der Waals surface area contributed by atoms with Crippen LogP contribution >= 0.6 is 0 Å². The molecular weight excluding hydrogens is 266 g/mol. The molecule has 1 fully saturated rings. The minimum atomic E-state index is -0.456. The lowest BCUT2D eigenvalue weighted by Gasteiger charge is -2.30. The second-order valence-electron chi connectivity index (χ2n) is 6.35. The van der Waals surface area contributed by atoms with Crippen molar-refractivity contribution in [2.24, 2.45) is 0 Å². The second-order valence-corrected chi connectivity index (χ2v) is 6.35. The minimum Gasteiger partial charge on any atom is -0.389 e. The number of benzene rings is 1. The molecule has 0 amide bonds. The van der Waals surface area contributed by atoms with Crippen molar-refractivity contribution < 1.29 is 14.6 Å². The number of aliphatic hydroxyl groups excluding tert-OH is 1. The van der Waals surface area contributed by atoms with Crippen molar-refractivity contribution in [1.82, 2.24) is 4.90 Å². The van der Waals surface area contributed by atoms with Crippen molar-refractivity contribution in [2.75, 3.05) is 32.8 Å². The summed E-state index contributed by atoms with van der Waals surface area (Å²) < 4.78 is 11.4. The van der Waals surface area contributed by atoms with Crippen LogP contribution in [0.1, 0.15) is 25.8 Å². The number of hydrogen-bond acceptors (Lipinski definition) is 4. The maximum Gasteiger partial charge on any atom is 0.0900 e. The van der Waals surface area contributed by atoms with Gasteiger partial charge in [0.25, 0.3) is 0 Å². The van der Waals surface area contributed by atoms with Crippen LogP contribution in [0.2, 0.25) is 0 Å². The monoisotopic (exact) mass is 293 g/mol. The van der Waals surface area contributed by atoms with Crippen molar-refractivity contribution in [2.45, 2.75) is 38.6 Å². The van der Waals surface area contributed by atoms with Crippen molar-refractivity contribution in [3.8, 4) is 0 Å². The predicted molar refractivity (Wildman–Crippen MR) is 83.2 cm³/mol. The minimum absolute atomic E-state index is 0.138. The molecule has 0 bridgehead atoms. The Kier molecular flexibility index (Phi) is 6.18. The van der Waals surface area contributed by atoms with E-state index in [9.17, 15) is 5.11 Å². The SMILES string of the molecule is CC1(C)CN(C[C@H](O)COCc2ccccc2)CCCO1. The number of nitrogens with zero attached hydrogens (tertiary/aromatic N) is 1. The summed E-state index contributed by atoms with van der Waals surface area (Å²) in [5.41, 5.74) is 0.996. The van der Waals surface area contributed by atoms with Crippen molar-refractivity contribution in [3.05, 3.63) is 35.9 Å². The third kappa shape index (κ3) is 6.14. The van der Waals surface area contributed by atoms with E-state index in [0.717, 1.165) is 31.7 Å². The zero-order chi connectivity index (χ0) is 15.1. The van der Waals surface area contributed by atoms with Gasteiger partial charge in [0.1, 0.15) is 0 Å². The van der Waals surface area contributed by atoms with Gasteiger partial charge >= 0.3 is 0 Å². The lowest BCUT2D eigenvalue weighted by atomic mass is 10.1. The normalized spacial score (nSPS) is 20.9. The summed E-state index contributed by atoms with van der Waals surface area (Å²) in [4.78, 5) is 2.27. The van der Waals surface area contributed by atoms with E-state index in [0.29, 0.717) is 19.8 Å². The van der Waals surface area contributed by atoms with Crippen LogP contribution in [-0.4, -0.2) is 54.6 Å². The molecule has 1 aromatic carbocycles. The first kappa shape index (κ1) is 16.4. The van der Waals surface area contributed by atoms with Gasteiger partial charge in [-0.1, -0.05) is 30.3 Å². The van der Waals surface area contributed by atoms with Crippen LogP contribution < -0.4 is 0 Å². The molecule has 2 rings (SSSR count). The molecule has 1 N–H and O–H groups in total. The molecule has 1 aliphatic heterocycles. The van der Waals surface area contributed by atoms with E-state index in [2.05, 4.69) is 18.7 Å². The van der Waals surface area contributed by atoms with Crippen LogP contribution in [0.4, 0.5) is 0 Å². The van der Waals surface area contributed by atoms with Gasteiger partial charge in [0.05, 0.1) is 24.9 Å². The van der Waals surface area contributed by atoms with E-state index in [4.69, 9.17) is 9.47 Å². The van der Waals surface area contributed by atoms with Gasteiger partial charge in [-0.3, -0.25) is 4.90 Å². The van der Waals surface area contributed by atoms with E-state index in [1.807, 2.05) is 30.3 Å². The Morgan fingerprint density at radius 2 is 2.10 bits per heavy atom. The van der Waals surface area contributed by atoms with Crippen LogP contribution in [-0.2, 0) is 16.1 Å². The molecule has 1 saturated heterocycles. The van der Waals surface area contributed by atoms with Gasteiger partial charge < -0.3 is 14.6 Å². The summed E-state index contributed by atoms with van der Waals surface area (Å²) in [7, 11) is 0. The molecule has 1 heterocycles. The first-order valence-electron chi connectivity index (χ1n) is 7.71. The average molecular weight is 293 g/mol. The Labute approximate surface area is 127 Å². The zero-order valence-electron chi connectivity index (χ0n) is 13.1. The summed E-state index contributed by atoms with van der Waals surface area (Å²) in [6.07, 6.45) is 0.559. The summed E-state index contributed by atoms with van der Waals surface area (Å²) in [5, 5.41) is 10.1. The number of rotatable bonds is 6. The Morgan fingerprint density at radius 1 is 1.33 bits per heavy atom. The highest BCUT2D eigenvalue weighted by molar-refractivity contribution is 5.13. The Balaban J connectivity index is 1.70. The van der Waals surface area contributed by atoms with E-state index in [1.165, 1.54) is 0 Å². The molecule has 0 spiro atoms. The molecule has 0 aromatic heterocycles. The van der Waals surface area contributed by atoms with Crippen LogP contribution in [0, 0.1) is 0 Å². The smallest absolute Gasteiger partial charge is 0.0900 e. The van der Waals surface area contributed by atoms with Crippen LogP contribution in [0.25, 0.3) is 0 Å².